The summed E-state index contributed by atoms with van der Waals surface area (Å²) in [5, 5.41) is -1.30. The molecule has 11 heteroatoms. The van der Waals surface area contributed by atoms with Crippen LogP contribution in [0.25, 0.3) is 0 Å². The molecule has 3 rings (SSSR count). The van der Waals surface area contributed by atoms with Crippen molar-refractivity contribution in [1.82, 2.24) is 4.90 Å². The second-order valence-electron chi connectivity index (χ2n) is 6.81. The van der Waals surface area contributed by atoms with Crippen molar-refractivity contribution < 1.29 is 14.0 Å². The molecule has 3 amide bonds. The highest BCUT2D eigenvalue weighted by Gasteiger charge is 2.48. The fraction of sp³-hybridized carbons (Fsp3) is 0.500. The van der Waals surface area contributed by atoms with E-state index < -0.39 is 32.4 Å². The molecule has 2 fully saturated rings. The number of amidine groups is 1. The van der Waals surface area contributed by atoms with Crippen LogP contribution in [0.4, 0.5) is 14.9 Å². The summed E-state index contributed by atoms with van der Waals surface area (Å²) in [7, 11) is 0. The van der Waals surface area contributed by atoms with Crippen molar-refractivity contribution >= 4 is 81.5 Å². The maximum absolute atomic E-state index is 14.5. The molecule has 5 nitrogen and oxygen atoms in total. The highest BCUT2D eigenvalue weighted by molar-refractivity contribution is 6.70. The van der Waals surface area contributed by atoms with Gasteiger partial charge in [-0.2, -0.15) is 0 Å². The van der Waals surface area contributed by atoms with Crippen LogP contribution in [0.15, 0.2) is 29.3 Å². The molecule has 158 valence electrons. The lowest BCUT2D eigenvalue weighted by Gasteiger charge is -2.28. The minimum Gasteiger partial charge on any atom is -0.265 e. The molecule has 1 saturated heterocycles. The first-order chi connectivity index (χ1) is 13.6. The fourth-order valence-corrected chi connectivity index (χ4v) is 4.34. The maximum atomic E-state index is 14.5. The van der Waals surface area contributed by atoms with Crippen LogP contribution in [0, 0.1) is 5.82 Å². The van der Waals surface area contributed by atoms with Gasteiger partial charge in [-0.15, -0.1) is 11.6 Å². The van der Waals surface area contributed by atoms with Gasteiger partial charge in [-0.3, -0.25) is 9.69 Å². The van der Waals surface area contributed by atoms with Gasteiger partial charge in [-0.25, -0.2) is 19.1 Å². The van der Waals surface area contributed by atoms with E-state index >= 15 is 0 Å². The van der Waals surface area contributed by atoms with Crippen molar-refractivity contribution in [2.75, 3.05) is 4.90 Å². The van der Waals surface area contributed by atoms with Crippen molar-refractivity contribution in [3.05, 3.63) is 30.1 Å². The van der Waals surface area contributed by atoms with E-state index in [2.05, 4.69) is 4.99 Å². The zero-order valence-electron chi connectivity index (χ0n) is 15.0. The third-order valence-corrected chi connectivity index (χ3v) is 6.94. The van der Waals surface area contributed by atoms with E-state index in [1.807, 2.05) is 0 Å². The number of amides is 3. The molecule has 2 aliphatic rings. The number of carbonyl (C=O) groups excluding carboxylic acids is 2. The molecule has 1 heterocycles. The molecule has 1 saturated carbocycles. The quantitative estimate of drug-likeness (QED) is 0.293. The van der Waals surface area contributed by atoms with E-state index in [1.54, 1.807) is 6.07 Å². The van der Waals surface area contributed by atoms with Crippen LogP contribution in [0.3, 0.4) is 0 Å². The van der Waals surface area contributed by atoms with Crippen LogP contribution in [0.1, 0.15) is 32.1 Å². The third-order valence-electron chi connectivity index (χ3n) is 4.85. The van der Waals surface area contributed by atoms with E-state index in [4.69, 9.17) is 58.0 Å². The molecule has 0 bridgehead atoms. The number of nitrogens with zero attached hydrogens (tertiary/aromatic N) is 3. The van der Waals surface area contributed by atoms with Crippen LogP contribution in [-0.2, 0) is 4.79 Å². The highest BCUT2D eigenvalue weighted by Crippen LogP contribution is 2.38. The monoisotopic (exact) mass is 501 g/mol. The normalized spacial score (nSPS) is 22.5. The van der Waals surface area contributed by atoms with Crippen LogP contribution < -0.4 is 4.90 Å². The zero-order valence-corrected chi connectivity index (χ0v) is 18.8. The Hall–Kier alpha value is -0.790. The number of aliphatic imine (C=N–C) groups is 1. The van der Waals surface area contributed by atoms with Crippen LogP contribution in [0.2, 0.25) is 0 Å². The summed E-state index contributed by atoms with van der Waals surface area (Å²) < 4.78 is 12.5. The molecular weight excluding hydrogens is 486 g/mol. The number of imide groups is 1. The molecule has 0 aromatic heterocycles. The average molecular weight is 504 g/mol. The summed E-state index contributed by atoms with van der Waals surface area (Å²) in [5.41, 5.74) is -1.47. The van der Waals surface area contributed by atoms with E-state index in [0.29, 0.717) is 12.8 Å². The van der Waals surface area contributed by atoms with Crippen LogP contribution in [0.5, 0.6) is 0 Å². The topological polar surface area (TPSA) is 53.0 Å². The van der Waals surface area contributed by atoms with Gasteiger partial charge in [0.25, 0.3) is 5.91 Å². The zero-order chi connectivity index (χ0) is 21.3. The predicted molar refractivity (Wildman–Crippen MR) is 115 cm³/mol. The lowest BCUT2D eigenvalue weighted by molar-refractivity contribution is -0.122. The summed E-state index contributed by atoms with van der Waals surface area (Å²) in [6.07, 6.45) is 4.16. The molecular formula is C18H17Cl5FN3O2. The Kier molecular flexibility index (Phi) is 7.22. The van der Waals surface area contributed by atoms with Gasteiger partial charge in [0.1, 0.15) is 16.7 Å². The Balaban J connectivity index is 2.04. The Labute approximate surface area is 192 Å². The molecule has 29 heavy (non-hydrogen) atoms. The number of anilines is 1. The number of hydrogen-bond acceptors (Lipinski definition) is 3. The van der Waals surface area contributed by atoms with Crippen LogP contribution in [-0.4, -0.2) is 43.4 Å². The Morgan fingerprint density at radius 3 is 2.28 bits per heavy atom. The summed E-state index contributed by atoms with van der Waals surface area (Å²) in [4.78, 5) is 32.4. The summed E-state index contributed by atoms with van der Waals surface area (Å²) in [5.74, 6) is -1.73. The van der Waals surface area contributed by atoms with E-state index in [0.717, 1.165) is 29.1 Å². The van der Waals surface area contributed by atoms with E-state index in [9.17, 15) is 14.0 Å². The maximum Gasteiger partial charge on any atom is 0.337 e. The lowest BCUT2D eigenvalue weighted by atomic mass is 9.94. The number of urea groups is 1. The summed E-state index contributed by atoms with van der Waals surface area (Å²) in [6, 6.07) is 4.59. The van der Waals surface area contributed by atoms with E-state index in [1.165, 1.54) is 18.2 Å². The van der Waals surface area contributed by atoms with Crippen LogP contribution >= 0.6 is 58.0 Å². The first kappa shape index (κ1) is 22.9. The van der Waals surface area contributed by atoms with Crippen molar-refractivity contribution in [2.45, 2.75) is 52.8 Å². The average Bonchev–Trinajstić information content (AvgIpc) is 2.91. The molecule has 2 unspecified atom stereocenters. The van der Waals surface area contributed by atoms with Gasteiger partial charge in [0, 0.05) is 6.04 Å². The Morgan fingerprint density at radius 1 is 1.07 bits per heavy atom. The number of halogens is 6. The number of alkyl halides is 5. The molecule has 0 spiro atoms. The number of para-hydroxylation sites is 1. The molecule has 1 aliphatic heterocycles. The van der Waals surface area contributed by atoms with Gasteiger partial charge in [0.15, 0.2) is 0 Å². The minimum atomic E-state index is -1.96. The van der Waals surface area contributed by atoms with Crippen molar-refractivity contribution in [2.24, 2.45) is 4.99 Å². The van der Waals surface area contributed by atoms with Gasteiger partial charge >= 0.3 is 6.03 Å². The number of rotatable bonds is 4. The third kappa shape index (κ3) is 4.77. The minimum absolute atomic E-state index is 0.119. The number of carbonyl (C=O) groups is 2. The first-order valence-corrected chi connectivity index (χ1v) is 11.0. The summed E-state index contributed by atoms with van der Waals surface area (Å²) >= 11 is 29.5. The number of hydrogen-bond donors (Lipinski definition) is 0. The molecule has 1 aliphatic carbocycles. The molecule has 0 radical (unpaired) electrons. The molecule has 1 aromatic carbocycles. The smallest absolute Gasteiger partial charge is 0.265 e. The van der Waals surface area contributed by atoms with Gasteiger partial charge in [0.05, 0.1) is 5.69 Å². The molecule has 2 atom stereocenters. The van der Waals surface area contributed by atoms with Gasteiger partial charge in [0.2, 0.25) is 9.63 Å². The first-order valence-electron chi connectivity index (χ1n) is 8.97. The Morgan fingerprint density at radius 2 is 1.69 bits per heavy atom. The fourth-order valence-electron chi connectivity index (χ4n) is 3.45. The highest BCUT2D eigenvalue weighted by atomic mass is 35.6. The predicted octanol–water partition coefficient (Wildman–Crippen LogP) is 5.87. The largest absolute Gasteiger partial charge is 0.337 e. The van der Waals surface area contributed by atoms with Crippen molar-refractivity contribution in [1.29, 1.82) is 0 Å². The van der Waals surface area contributed by atoms with E-state index in [-0.39, 0.29) is 17.6 Å². The standard InChI is InChI=1S/C18H17Cl5FN3O2/c19-13(18(21,22)23)14(20)25-15-16(28)26(10-6-2-1-3-7-10)17(29)27(15)12-9-5-4-8-11(12)24/h4-5,8-10,13-14H,1-3,6-7H2/b25-15-. The Bertz CT molecular complexity index is 826. The second kappa shape index (κ2) is 9.15. The summed E-state index contributed by atoms with van der Waals surface area (Å²) in [6.45, 7) is 0. The van der Waals surface area contributed by atoms with Gasteiger partial charge < -0.3 is 0 Å². The van der Waals surface area contributed by atoms with Gasteiger partial charge in [-0.05, 0) is 25.0 Å². The van der Waals surface area contributed by atoms with Gasteiger partial charge in [-0.1, -0.05) is 77.8 Å². The molecule has 0 N–H and O–H groups in total. The second-order valence-corrected chi connectivity index (χ2v) is 10.1. The lowest BCUT2D eigenvalue weighted by Crippen LogP contribution is -2.42. The molecule has 1 aromatic rings. The number of benzene rings is 1. The van der Waals surface area contributed by atoms with Crippen molar-refractivity contribution in [3.63, 3.8) is 0 Å². The van der Waals surface area contributed by atoms with Crippen molar-refractivity contribution in [3.8, 4) is 0 Å². The SMILES string of the molecule is O=C1/C(=N/C(Cl)C(Cl)C(Cl)(Cl)Cl)N(c2ccccc2F)C(=O)N1C1CCCCC1.